The molecule has 3 aromatic carbocycles. The van der Waals surface area contributed by atoms with E-state index < -0.39 is 10.0 Å². The van der Waals surface area contributed by atoms with Crippen LogP contribution in [0.2, 0.25) is 0 Å². The Morgan fingerprint density at radius 2 is 1.62 bits per heavy atom. The maximum Gasteiger partial charge on any atom is 0.261 e. The summed E-state index contributed by atoms with van der Waals surface area (Å²) < 4.78 is 27.8. The molecule has 0 aliphatic carbocycles. The topological polar surface area (TPSA) is 66.5 Å². The Bertz CT molecular complexity index is 1150. The number of carbonyl (C=O) groups is 1. The fraction of sp³-hybridized carbons (Fsp3) is 0.174. The molecule has 0 saturated carbocycles. The molecule has 0 unspecified atom stereocenters. The molecule has 0 radical (unpaired) electrons. The van der Waals surface area contributed by atoms with Crippen LogP contribution in [0.3, 0.4) is 0 Å². The van der Waals surface area contributed by atoms with Crippen molar-refractivity contribution in [3.63, 3.8) is 0 Å². The van der Waals surface area contributed by atoms with Gasteiger partial charge in [0.15, 0.2) is 0 Å². The number of nitrogens with zero attached hydrogens (tertiary/aromatic N) is 1. The van der Waals surface area contributed by atoms with Crippen LogP contribution >= 0.6 is 0 Å². The maximum absolute atomic E-state index is 13.1. The van der Waals surface area contributed by atoms with Gasteiger partial charge in [-0.15, -0.1) is 0 Å². The molecular weight excluding hydrogens is 384 g/mol. The maximum atomic E-state index is 13.1. The summed E-state index contributed by atoms with van der Waals surface area (Å²) in [7, 11) is -3.72. The van der Waals surface area contributed by atoms with Crippen molar-refractivity contribution in [2.24, 2.45) is 0 Å². The summed E-state index contributed by atoms with van der Waals surface area (Å²) in [6.45, 7) is 3.95. The Labute approximate surface area is 171 Å². The van der Waals surface area contributed by atoms with Gasteiger partial charge in [-0.3, -0.25) is 9.52 Å². The highest BCUT2D eigenvalue weighted by molar-refractivity contribution is 7.92. The van der Waals surface area contributed by atoms with E-state index in [-0.39, 0.29) is 16.8 Å². The summed E-state index contributed by atoms with van der Waals surface area (Å²) in [5, 5.41) is 0. The van der Waals surface area contributed by atoms with Gasteiger partial charge >= 0.3 is 0 Å². The minimum Gasteiger partial charge on any atom is -0.305 e. The van der Waals surface area contributed by atoms with E-state index in [0.29, 0.717) is 11.3 Å². The molecule has 0 spiro atoms. The number of amides is 1. The van der Waals surface area contributed by atoms with Gasteiger partial charge < -0.3 is 4.90 Å². The van der Waals surface area contributed by atoms with E-state index in [0.717, 1.165) is 23.2 Å². The fourth-order valence-corrected chi connectivity index (χ4v) is 4.69. The molecule has 0 bridgehead atoms. The molecule has 4 rings (SSSR count). The summed E-state index contributed by atoms with van der Waals surface area (Å²) in [5.74, 6) is -0.127. The van der Waals surface area contributed by atoms with E-state index in [1.165, 1.54) is 12.1 Å². The second-order valence-corrected chi connectivity index (χ2v) is 9.04. The molecular formula is C23H22N2O3S. The molecule has 148 valence electrons. The smallest absolute Gasteiger partial charge is 0.261 e. The summed E-state index contributed by atoms with van der Waals surface area (Å²) in [5.41, 5.74) is 4.08. The zero-order valence-corrected chi connectivity index (χ0v) is 17.1. The molecule has 0 saturated heterocycles. The lowest BCUT2D eigenvalue weighted by Crippen LogP contribution is -2.35. The minimum atomic E-state index is -3.72. The second-order valence-electron chi connectivity index (χ2n) is 7.35. The summed E-state index contributed by atoms with van der Waals surface area (Å²) in [4.78, 5) is 15.0. The van der Waals surface area contributed by atoms with Gasteiger partial charge in [0.05, 0.1) is 4.90 Å². The largest absolute Gasteiger partial charge is 0.305 e. The van der Waals surface area contributed by atoms with Crippen molar-refractivity contribution >= 4 is 27.3 Å². The molecule has 3 aromatic rings. The Hall–Kier alpha value is -3.12. The molecule has 1 N–H and O–H groups in total. The highest BCUT2D eigenvalue weighted by Gasteiger charge is 2.31. The van der Waals surface area contributed by atoms with Gasteiger partial charge in [-0.2, -0.15) is 0 Å². The first-order chi connectivity index (χ1) is 13.8. The normalized spacial score (nSPS) is 15.8. The van der Waals surface area contributed by atoms with Crippen LogP contribution in [-0.2, 0) is 16.4 Å². The van der Waals surface area contributed by atoms with Gasteiger partial charge in [-0.25, -0.2) is 8.42 Å². The number of anilines is 2. The zero-order chi connectivity index (χ0) is 20.6. The van der Waals surface area contributed by atoms with Crippen LogP contribution in [0.25, 0.3) is 0 Å². The third kappa shape index (κ3) is 3.76. The first-order valence-corrected chi connectivity index (χ1v) is 10.9. The number of benzene rings is 3. The first kappa shape index (κ1) is 19.2. The second kappa shape index (κ2) is 7.37. The number of rotatable bonds is 4. The molecule has 5 nitrogen and oxygen atoms in total. The highest BCUT2D eigenvalue weighted by atomic mass is 32.2. The number of para-hydroxylation sites is 1. The monoisotopic (exact) mass is 406 g/mol. The van der Waals surface area contributed by atoms with Crippen LogP contribution in [0.5, 0.6) is 0 Å². The quantitative estimate of drug-likeness (QED) is 0.699. The van der Waals surface area contributed by atoms with Crippen molar-refractivity contribution in [3.8, 4) is 0 Å². The molecule has 6 heteroatoms. The number of fused-ring (bicyclic) bond motifs is 1. The predicted molar refractivity (Wildman–Crippen MR) is 115 cm³/mol. The van der Waals surface area contributed by atoms with Crippen molar-refractivity contribution in [1.82, 2.24) is 0 Å². The average molecular weight is 407 g/mol. The van der Waals surface area contributed by atoms with Crippen molar-refractivity contribution in [2.75, 3.05) is 9.62 Å². The standard InChI is InChI=1S/C23H22N2O3S/c1-16-7-11-20(12-8-16)24-29(27,28)21-13-9-18(10-14-21)23(26)25-17(2)15-19-5-3-4-6-22(19)25/h3-14,17,24H,15H2,1-2H3/t17-/m0/s1. The van der Waals surface area contributed by atoms with E-state index >= 15 is 0 Å². The van der Waals surface area contributed by atoms with Crippen molar-refractivity contribution in [2.45, 2.75) is 31.2 Å². The van der Waals surface area contributed by atoms with Crippen molar-refractivity contribution < 1.29 is 13.2 Å². The zero-order valence-electron chi connectivity index (χ0n) is 16.3. The summed E-state index contributed by atoms with van der Waals surface area (Å²) in [6.07, 6.45) is 0.814. The van der Waals surface area contributed by atoms with E-state index in [1.54, 1.807) is 29.2 Å². The van der Waals surface area contributed by atoms with Crippen molar-refractivity contribution in [1.29, 1.82) is 0 Å². The average Bonchev–Trinajstić information content (AvgIpc) is 3.05. The molecule has 1 heterocycles. The molecule has 1 aliphatic heterocycles. The van der Waals surface area contributed by atoms with Gasteiger partial charge in [0.1, 0.15) is 0 Å². The van der Waals surface area contributed by atoms with Crippen LogP contribution in [-0.4, -0.2) is 20.4 Å². The van der Waals surface area contributed by atoms with Gasteiger partial charge in [0, 0.05) is 23.0 Å². The molecule has 0 aromatic heterocycles. The number of aryl methyl sites for hydroxylation is 1. The summed E-state index contributed by atoms with van der Waals surface area (Å²) in [6, 6.07) is 21.1. The minimum absolute atomic E-state index is 0.0616. The third-order valence-corrected chi connectivity index (χ3v) is 6.54. The van der Waals surface area contributed by atoms with Gasteiger partial charge in [-0.05, 0) is 68.3 Å². The Morgan fingerprint density at radius 3 is 2.31 bits per heavy atom. The number of sulfonamides is 1. The molecule has 0 fully saturated rings. The summed E-state index contributed by atoms with van der Waals surface area (Å²) >= 11 is 0. The predicted octanol–water partition coefficient (Wildman–Crippen LogP) is 4.39. The Balaban J connectivity index is 1.56. The van der Waals surface area contributed by atoms with Crippen LogP contribution in [0.4, 0.5) is 11.4 Å². The third-order valence-electron chi connectivity index (χ3n) is 5.14. The molecule has 1 atom stereocenters. The van der Waals surface area contributed by atoms with Crippen molar-refractivity contribution in [3.05, 3.63) is 89.5 Å². The van der Waals surface area contributed by atoms with Gasteiger partial charge in [0.25, 0.3) is 15.9 Å². The fourth-order valence-electron chi connectivity index (χ4n) is 3.63. The molecule has 29 heavy (non-hydrogen) atoms. The van der Waals surface area contributed by atoms with Crippen LogP contribution in [0, 0.1) is 6.92 Å². The first-order valence-electron chi connectivity index (χ1n) is 9.46. The lowest BCUT2D eigenvalue weighted by molar-refractivity contribution is 0.0981. The van der Waals surface area contributed by atoms with E-state index in [9.17, 15) is 13.2 Å². The number of nitrogens with one attached hydrogen (secondary N) is 1. The van der Waals surface area contributed by atoms with E-state index in [4.69, 9.17) is 0 Å². The van der Waals surface area contributed by atoms with E-state index in [2.05, 4.69) is 4.72 Å². The highest BCUT2D eigenvalue weighted by Crippen LogP contribution is 2.33. The van der Waals surface area contributed by atoms with Crippen LogP contribution in [0.15, 0.2) is 77.7 Å². The number of carbonyl (C=O) groups excluding carboxylic acids is 1. The Morgan fingerprint density at radius 1 is 0.966 bits per heavy atom. The lowest BCUT2D eigenvalue weighted by atomic mass is 10.1. The van der Waals surface area contributed by atoms with Crippen LogP contribution in [0.1, 0.15) is 28.4 Å². The number of hydrogen-bond donors (Lipinski definition) is 1. The lowest BCUT2D eigenvalue weighted by Gasteiger charge is -2.23. The van der Waals surface area contributed by atoms with E-state index in [1.807, 2.05) is 50.2 Å². The van der Waals surface area contributed by atoms with Crippen LogP contribution < -0.4 is 9.62 Å². The SMILES string of the molecule is Cc1ccc(NS(=O)(=O)c2ccc(C(=O)N3c4ccccc4C[C@@H]3C)cc2)cc1. The molecule has 1 amide bonds. The Kier molecular flexibility index (Phi) is 4.88. The molecule has 1 aliphatic rings. The van der Waals surface area contributed by atoms with Gasteiger partial charge in [-0.1, -0.05) is 35.9 Å². The van der Waals surface area contributed by atoms with Gasteiger partial charge in [0.2, 0.25) is 0 Å². The number of hydrogen-bond acceptors (Lipinski definition) is 3.